The van der Waals surface area contributed by atoms with Crippen molar-refractivity contribution in [2.24, 2.45) is 0 Å². The van der Waals surface area contributed by atoms with Crippen molar-refractivity contribution in [3.63, 3.8) is 0 Å². The van der Waals surface area contributed by atoms with Crippen LogP contribution in [-0.4, -0.2) is 42.1 Å². The van der Waals surface area contributed by atoms with Crippen LogP contribution in [0.15, 0.2) is 24.3 Å². The Labute approximate surface area is 144 Å². The molecule has 0 bridgehead atoms. The highest BCUT2D eigenvalue weighted by atomic mass is 35.5. The van der Waals surface area contributed by atoms with E-state index in [2.05, 4.69) is 10.6 Å². The quantitative estimate of drug-likeness (QED) is 0.859. The highest BCUT2D eigenvalue weighted by molar-refractivity contribution is 7.99. The zero-order valence-electron chi connectivity index (χ0n) is 11.8. The molecule has 2 unspecified atom stereocenters. The molecule has 2 N–H and O–H groups in total. The minimum atomic E-state index is -0.457. The van der Waals surface area contributed by atoms with Crippen LogP contribution in [0.1, 0.15) is 6.42 Å². The molecule has 120 valence electrons. The summed E-state index contributed by atoms with van der Waals surface area (Å²) < 4.78 is 0. The zero-order chi connectivity index (χ0) is 14.8. The Morgan fingerprint density at radius 1 is 1.41 bits per heavy atom. The Hall–Kier alpha value is -0.950. The van der Waals surface area contributed by atoms with E-state index in [-0.39, 0.29) is 30.3 Å². The van der Waals surface area contributed by atoms with Crippen LogP contribution in [0.4, 0.5) is 5.69 Å². The van der Waals surface area contributed by atoms with Gasteiger partial charge in [0.1, 0.15) is 6.04 Å². The molecule has 5 nitrogen and oxygen atoms in total. The van der Waals surface area contributed by atoms with Gasteiger partial charge in [-0.25, -0.2) is 0 Å². The predicted octanol–water partition coefficient (Wildman–Crippen LogP) is 1.65. The number of carbonyl (C=O) groups excluding carboxylic acids is 2. The van der Waals surface area contributed by atoms with Crippen molar-refractivity contribution >= 4 is 53.3 Å². The number of nitrogens with one attached hydrogen (secondary N) is 2. The van der Waals surface area contributed by atoms with Crippen molar-refractivity contribution in [2.45, 2.75) is 18.5 Å². The monoisotopic (exact) mass is 361 g/mol. The Morgan fingerprint density at radius 2 is 2.18 bits per heavy atom. The normalized spacial score (nSPS) is 24.2. The van der Waals surface area contributed by atoms with Gasteiger partial charge in [-0.15, -0.1) is 24.2 Å². The van der Waals surface area contributed by atoms with Gasteiger partial charge in [0.05, 0.1) is 16.8 Å². The summed E-state index contributed by atoms with van der Waals surface area (Å²) in [4.78, 5) is 26.2. The van der Waals surface area contributed by atoms with Gasteiger partial charge in [-0.3, -0.25) is 14.9 Å². The minimum absolute atomic E-state index is 0. The largest absolute Gasteiger partial charge is 0.343 e. The van der Waals surface area contributed by atoms with Crippen LogP contribution in [0.2, 0.25) is 5.02 Å². The lowest BCUT2D eigenvalue weighted by atomic mass is 10.2. The number of benzene rings is 1. The summed E-state index contributed by atoms with van der Waals surface area (Å²) >= 11 is 7.82. The predicted molar refractivity (Wildman–Crippen MR) is 91.8 cm³/mol. The number of amides is 2. The van der Waals surface area contributed by atoms with Crippen molar-refractivity contribution in [1.82, 2.24) is 10.6 Å². The number of nitrogens with zero attached hydrogens (tertiary/aromatic N) is 1. The van der Waals surface area contributed by atoms with Crippen LogP contribution in [-0.2, 0) is 9.59 Å². The number of carbonyl (C=O) groups is 2. The van der Waals surface area contributed by atoms with Gasteiger partial charge in [-0.1, -0.05) is 23.7 Å². The lowest BCUT2D eigenvalue weighted by molar-refractivity contribution is -0.127. The lowest BCUT2D eigenvalue weighted by Gasteiger charge is -2.19. The van der Waals surface area contributed by atoms with Crippen LogP contribution in [0.5, 0.6) is 0 Å². The molecule has 2 heterocycles. The van der Waals surface area contributed by atoms with E-state index in [9.17, 15) is 9.59 Å². The Balaban J connectivity index is 0.00000176. The first-order valence-corrected chi connectivity index (χ1v) is 8.37. The molecule has 2 saturated heterocycles. The average molecular weight is 362 g/mol. The molecule has 0 aliphatic carbocycles. The summed E-state index contributed by atoms with van der Waals surface area (Å²) in [6.45, 7) is 0.570. The third kappa shape index (κ3) is 3.51. The number of rotatable bonds is 3. The Kier molecular flexibility index (Phi) is 5.97. The van der Waals surface area contributed by atoms with Crippen LogP contribution < -0.4 is 15.5 Å². The van der Waals surface area contributed by atoms with Crippen LogP contribution in [0.3, 0.4) is 0 Å². The van der Waals surface area contributed by atoms with Gasteiger partial charge < -0.3 is 10.2 Å². The van der Waals surface area contributed by atoms with Crippen molar-refractivity contribution in [2.75, 3.05) is 23.1 Å². The van der Waals surface area contributed by atoms with Gasteiger partial charge in [0, 0.05) is 18.2 Å². The molecule has 2 amide bonds. The summed E-state index contributed by atoms with van der Waals surface area (Å²) in [6.07, 6.45) is 0.607. The van der Waals surface area contributed by atoms with Gasteiger partial charge in [0.25, 0.3) is 0 Å². The number of hydrogen-bond donors (Lipinski definition) is 2. The van der Waals surface area contributed by atoms with Crippen LogP contribution >= 0.6 is 35.8 Å². The molecule has 1 aromatic carbocycles. The highest BCUT2D eigenvalue weighted by Gasteiger charge is 2.36. The first-order chi connectivity index (χ1) is 10.2. The fourth-order valence-corrected chi connectivity index (χ4v) is 3.74. The third-order valence-electron chi connectivity index (χ3n) is 3.70. The van der Waals surface area contributed by atoms with Crippen molar-refractivity contribution < 1.29 is 9.59 Å². The van der Waals surface area contributed by atoms with E-state index < -0.39 is 6.04 Å². The van der Waals surface area contributed by atoms with E-state index >= 15 is 0 Å². The third-order valence-corrected chi connectivity index (χ3v) is 4.96. The molecule has 0 radical (unpaired) electrons. The fourth-order valence-electron chi connectivity index (χ4n) is 2.56. The van der Waals surface area contributed by atoms with E-state index in [1.165, 1.54) is 0 Å². The standard InChI is InChI=1S/C14H16ClN3O2S.ClH/c15-9-3-1-2-4-12(9)18-6-5-10(14(18)20)17-13(19)11-7-21-8-16-11;/h1-4,10-11,16H,5-8H2,(H,17,19);1H. The summed E-state index contributed by atoms with van der Waals surface area (Å²) in [5.41, 5.74) is 0.704. The van der Waals surface area contributed by atoms with E-state index in [1.807, 2.05) is 18.2 Å². The van der Waals surface area contributed by atoms with E-state index in [4.69, 9.17) is 11.6 Å². The van der Waals surface area contributed by atoms with Crippen molar-refractivity contribution in [3.8, 4) is 0 Å². The van der Waals surface area contributed by atoms with E-state index in [1.54, 1.807) is 22.7 Å². The van der Waals surface area contributed by atoms with Crippen LogP contribution in [0, 0.1) is 0 Å². The van der Waals surface area contributed by atoms with E-state index in [0.29, 0.717) is 23.7 Å². The lowest BCUT2D eigenvalue weighted by Crippen LogP contribution is -2.49. The van der Waals surface area contributed by atoms with Gasteiger partial charge in [-0.05, 0) is 18.6 Å². The zero-order valence-corrected chi connectivity index (χ0v) is 14.1. The molecule has 2 aliphatic rings. The fraction of sp³-hybridized carbons (Fsp3) is 0.429. The maximum Gasteiger partial charge on any atom is 0.249 e. The maximum atomic E-state index is 12.4. The molecule has 22 heavy (non-hydrogen) atoms. The Morgan fingerprint density at radius 3 is 2.86 bits per heavy atom. The van der Waals surface area contributed by atoms with Crippen molar-refractivity contribution in [1.29, 1.82) is 0 Å². The van der Waals surface area contributed by atoms with Gasteiger partial charge in [-0.2, -0.15) is 0 Å². The maximum absolute atomic E-state index is 12.4. The minimum Gasteiger partial charge on any atom is -0.343 e. The molecular weight excluding hydrogens is 345 g/mol. The molecule has 2 fully saturated rings. The molecule has 2 atom stereocenters. The molecule has 0 spiro atoms. The first kappa shape index (κ1) is 17.4. The molecule has 0 aromatic heterocycles. The number of thioether (sulfide) groups is 1. The Bertz CT molecular complexity index is 567. The first-order valence-electron chi connectivity index (χ1n) is 6.84. The van der Waals surface area contributed by atoms with Crippen molar-refractivity contribution in [3.05, 3.63) is 29.3 Å². The molecule has 1 aromatic rings. The highest BCUT2D eigenvalue weighted by Crippen LogP contribution is 2.29. The summed E-state index contributed by atoms with van der Waals surface area (Å²) in [6, 6.07) is 6.60. The number of hydrogen-bond acceptors (Lipinski definition) is 4. The number of halogens is 2. The molecule has 3 rings (SSSR count). The summed E-state index contributed by atoms with van der Waals surface area (Å²) in [5.74, 6) is 1.34. The van der Waals surface area contributed by atoms with Crippen LogP contribution in [0.25, 0.3) is 0 Å². The topological polar surface area (TPSA) is 61.4 Å². The molecule has 8 heteroatoms. The average Bonchev–Trinajstić information content (AvgIpc) is 3.11. The number of para-hydroxylation sites is 1. The second-order valence-electron chi connectivity index (χ2n) is 5.06. The molecule has 2 aliphatic heterocycles. The van der Waals surface area contributed by atoms with E-state index in [0.717, 1.165) is 11.6 Å². The second-order valence-corrected chi connectivity index (χ2v) is 6.50. The smallest absolute Gasteiger partial charge is 0.249 e. The number of anilines is 1. The summed E-state index contributed by atoms with van der Waals surface area (Å²) in [5, 5.41) is 6.49. The van der Waals surface area contributed by atoms with Gasteiger partial charge in [0.2, 0.25) is 11.8 Å². The summed E-state index contributed by atoms with van der Waals surface area (Å²) in [7, 11) is 0. The van der Waals surface area contributed by atoms with Gasteiger partial charge in [0.15, 0.2) is 0 Å². The molecule has 0 saturated carbocycles. The second kappa shape index (κ2) is 7.55. The molecular formula is C14H17Cl2N3O2S. The van der Waals surface area contributed by atoms with Gasteiger partial charge >= 0.3 is 0 Å². The SMILES string of the molecule is Cl.O=C(NC1CCN(c2ccccc2Cl)C1=O)C1CSCN1.